The summed E-state index contributed by atoms with van der Waals surface area (Å²) >= 11 is 0. The highest BCUT2D eigenvalue weighted by Gasteiger charge is 2.17. The molecule has 1 amide bonds. The summed E-state index contributed by atoms with van der Waals surface area (Å²) < 4.78 is 5.13. The van der Waals surface area contributed by atoms with E-state index in [1.165, 1.54) is 0 Å². The second-order valence-corrected chi connectivity index (χ2v) is 6.28. The fourth-order valence-electron chi connectivity index (χ4n) is 2.15. The maximum absolute atomic E-state index is 11.9. The highest BCUT2D eigenvalue weighted by molar-refractivity contribution is 5.76. The molecule has 0 aliphatic carbocycles. The molecule has 6 heteroatoms. The zero-order chi connectivity index (χ0) is 16.0. The number of amides is 1. The van der Waals surface area contributed by atoms with Crippen LogP contribution in [0.4, 0.5) is 0 Å². The van der Waals surface area contributed by atoms with Gasteiger partial charge in [0.15, 0.2) is 5.82 Å². The third-order valence-electron chi connectivity index (χ3n) is 3.51. The molecule has 0 spiro atoms. The molecule has 0 fully saturated rings. The Kier molecular flexibility index (Phi) is 6.81. The molecule has 0 unspecified atom stereocenters. The lowest BCUT2D eigenvalue weighted by Crippen LogP contribution is -2.43. The van der Waals surface area contributed by atoms with Crippen LogP contribution in [0.2, 0.25) is 0 Å². The van der Waals surface area contributed by atoms with Crippen LogP contribution in [0.25, 0.3) is 0 Å². The quantitative estimate of drug-likeness (QED) is 0.792. The van der Waals surface area contributed by atoms with E-state index in [4.69, 9.17) is 4.52 Å². The van der Waals surface area contributed by atoms with E-state index in [-0.39, 0.29) is 11.8 Å². The van der Waals surface area contributed by atoms with Gasteiger partial charge in [0.25, 0.3) is 0 Å². The van der Waals surface area contributed by atoms with Crippen molar-refractivity contribution in [1.82, 2.24) is 20.4 Å². The lowest BCUT2D eigenvalue weighted by atomic mass is 10.0. The van der Waals surface area contributed by atoms with Gasteiger partial charge in [-0.25, -0.2) is 0 Å². The van der Waals surface area contributed by atoms with E-state index in [0.717, 1.165) is 0 Å². The Hall–Kier alpha value is -1.43. The lowest BCUT2D eigenvalue weighted by Gasteiger charge is -2.28. The van der Waals surface area contributed by atoms with Crippen LogP contribution >= 0.6 is 0 Å². The van der Waals surface area contributed by atoms with Gasteiger partial charge in [-0.05, 0) is 20.0 Å². The summed E-state index contributed by atoms with van der Waals surface area (Å²) in [5.74, 6) is 1.97. The molecule has 1 atom stereocenters. The zero-order valence-electron chi connectivity index (χ0n) is 14.0. The van der Waals surface area contributed by atoms with Crippen LogP contribution < -0.4 is 5.32 Å². The van der Waals surface area contributed by atoms with Gasteiger partial charge in [0.1, 0.15) is 0 Å². The molecule has 0 aliphatic heterocycles. The third-order valence-corrected chi connectivity index (χ3v) is 3.51. The number of aryl methyl sites for hydroxylation is 1. The summed E-state index contributed by atoms with van der Waals surface area (Å²) in [5.41, 5.74) is 0. The van der Waals surface area contributed by atoms with Gasteiger partial charge < -0.3 is 14.7 Å². The maximum atomic E-state index is 11.9. The number of hydrogen-bond acceptors (Lipinski definition) is 5. The lowest BCUT2D eigenvalue weighted by molar-refractivity contribution is -0.121. The Morgan fingerprint density at radius 3 is 2.43 bits per heavy atom. The second-order valence-electron chi connectivity index (χ2n) is 6.28. The number of rotatable bonds is 8. The molecule has 1 aromatic rings. The highest BCUT2D eigenvalue weighted by atomic mass is 16.5. The van der Waals surface area contributed by atoms with Crippen molar-refractivity contribution in [2.24, 2.45) is 5.92 Å². The van der Waals surface area contributed by atoms with Gasteiger partial charge in [-0.1, -0.05) is 32.9 Å². The molecule has 1 N–H and O–H groups in total. The van der Waals surface area contributed by atoms with Gasteiger partial charge in [-0.15, -0.1) is 0 Å². The summed E-state index contributed by atoms with van der Waals surface area (Å²) in [4.78, 5) is 18.3. The number of nitrogens with one attached hydrogen (secondary N) is 1. The van der Waals surface area contributed by atoms with Crippen LogP contribution in [0.1, 0.15) is 51.7 Å². The first-order chi connectivity index (χ1) is 9.81. The molecule has 0 bridgehead atoms. The minimum atomic E-state index is 0.0202. The molecule has 6 nitrogen and oxygen atoms in total. The molecule has 21 heavy (non-hydrogen) atoms. The first-order valence-electron chi connectivity index (χ1n) is 7.56. The van der Waals surface area contributed by atoms with Gasteiger partial charge in [0, 0.05) is 31.3 Å². The topological polar surface area (TPSA) is 71.3 Å². The monoisotopic (exact) mass is 296 g/mol. The number of carbonyl (C=O) groups is 1. The van der Waals surface area contributed by atoms with Crippen molar-refractivity contribution < 1.29 is 9.32 Å². The Morgan fingerprint density at radius 2 is 1.95 bits per heavy atom. The summed E-state index contributed by atoms with van der Waals surface area (Å²) in [6, 6.07) is 0.338. The molecule has 120 valence electrons. The zero-order valence-corrected chi connectivity index (χ0v) is 14.0. The number of hydrogen-bond donors (Lipinski definition) is 1. The fourth-order valence-corrected chi connectivity index (χ4v) is 2.15. The summed E-state index contributed by atoms with van der Waals surface area (Å²) in [6.07, 6.45) is 0.859. The largest absolute Gasteiger partial charge is 0.355 e. The molecule has 1 rings (SSSR count). The van der Waals surface area contributed by atoms with E-state index in [9.17, 15) is 4.79 Å². The van der Waals surface area contributed by atoms with Crippen LogP contribution in [0.5, 0.6) is 0 Å². The molecule has 1 heterocycles. The molecule has 0 saturated carbocycles. The van der Waals surface area contributed by atoms with Crippen LogP contribution in [-0.2, 0) is 11.2 Å². The van der Waals surface area contributed by atoms with Crippen molar-refractivity contribution in [1.29, 1.82) is 0 Å². The number of aromatic nitrogens is 2. The first-order valence-corrected chi connectivity index (χ1v) is 7.56. The predicted octanol–water partition coefficient (Wildman–Crippen LogP) is 1.83. The van der Waals surface area contributed by atoms with Gasteiger partial charge in [0.2, 0.25) is 11.8 Å². The first kappa shape index (κ1) is 17.6. The Balaban J connectivity index is 2.36. The van der Waals surface area contributed by atoms with Crippen molar-refractivity contribution in [3.8, 4) is 0 Å². The maximum Gasteiger partial charge on any atom is 0.227 e. The third kappa shape index (κ3) is 5.83. The SMILES string of the molecule is CC(C)c1noc(CCC(=O)NC[C@@H](C(C)C)N(C)C)n1. The number of nitrogens with zero attached hydrogens (tertiary/aromatic N) is 3. The average molecular weight is 296 g/mol. The Labute approximate surface area is 127 Å². The van der Waals surface area contributed by atoms with Crippen molar-refractivity contribution in [3.05, 3.63) is 11.7 Å². The molecular formula is C15H28N4O2. The van der Waals surface area contributed by atoms with Crippen molar-refractivity contribution in [3.63, 3.8) is 0 Å². The molecule has 0 saturated heterocycles. The standard InChI is InChI=1S/C15H28N4O2/c1-10(2)12(19(5)6)9-16-13(20)7-8-14-17-15(11(3)4)18-21-14/h10-12H,7-9H2,1-6H3,(H,16,20)/t12-/m0/s1. The molecule has 0 aromatic carbocycles. The molecule has 1 aromatic heterocycles. The van der Waals surface area contributed by atoms with Crippen molar-refractivity contribution >= 4 is 5.91 Å². The van der Waals surface area contributed by atoms with Crippen molar-refractivity contribution in [2.45, 2.75) is 52.5 Å². The predicted molar refractivity (Wildman–Crippen MR) is 82.0 cm³/mol. The smallest absolute Gasteiger partial charge is 0.227 e. The normalized spacial score (nSPS) is 13.2. The van der Waals surface area contributed by atoms with E-state index < -0.39 is 0 Å². The van der Waals surface area contributed by atoms with E-state index in [0.29, 0.717) is 43.1 Å². The van der Waals surface area contributed by atoms with Crippen LogP contribution in [0.15, 0.2) is 4.52 Å². The van der Waals surface area contributed by atoms with E-state index in [1.807, 2.05) is 27.9 Å². The minimum Gasteiger partial charge on any atom is -0.355 e. The Bertz CT molecular complexity index is 433. The van der Waals surface area contributed by atoms with Crippen LogP contribution in [0, 0.1) is 5.92 Å². The molecule has 0 aliphatic rings. The number of carbonyl (C=O) groups excluding carboxylic acids is 1. The van der Waals surface area contributed by atoms with E-state index in [2.05, 4.69) is 34.2 Å². The summed E-state index contributed by atoms with van der Waals surface area (Å²) in [6.45, 7) is 8.99. The van der Waals surface area contributed by atoms with E-state index >= 15 is 0 Å². The molecule has 0 radical (unpaired) electrons. The van der Waals surface area contributed by atoms with Crippen LogP contribution in [0.3, 0.4) is 0 Å². The second kappa shape index (κ2) is 8.12. The summed E-state index contributed by atoms with van der Waals surface area (Å²) in [5, 5.41) is 6.86. The van der Waals surface area contributed by atoms with Crippen LogP contribution in [-0.4, -0.2) is 47.6 Å². The Morgan fingerprint density at radius 1 is 1.29 bits per heavy atom. The minimum absolute atomic E-state index is 0.0202. The summed E-state index contributed by atoms with van der Waals surface area (Å²) in [7, 11) is 4.06. The van der Waals surface area contributed by atoms with Gasteiger partial charge in [-0.2, -0.15) is 4.98 Å². The van der Waals surface area contributed by atoms with Crippen molar-refractivity contribution in [2.75, 3.05) is 20.6 Å². The van der Waals surface area contributed by atoms with Gasteiger partial charge in [-0.3, -0.25) is 4.79 Å². The highest BCUT2D eigenvalue weighted by Crippen LogP contribution is 2.10. The fraction of sp³-hybridized carbons (Fsp3) is 0.800. The van der Waals surface area contributed by atoms with Gasteiger partial charge >= 0.3 is 0 Å². The average Bonchev–Trinajstić information content (AvgIpc) is 2.84. The van der Waals surface area contributed by atoms with Gasteiger partial charge in [0.05, 0.1) is 0 Å². The van der Waals surface area contributed by atoms with E-state index in [1.54, 1.807) is 0 Å². The molecular weight excluding hydrogens is 268 g/mol. The number of likely N-dealkylation sites (N-methyl/N-ethyl adjacent to an activating group) is 1.